The van der Waals surface area contributed by atoms with E-state index in [4.69, 9.17) is 4.74 Å². The Morgan fingerprint density at radius 2 is 2.41 bits per heavy atom. The average molecular weight is 299 g/mol. The predicted molar refractivity (Wildman–Crippen MR) is 73.3 cm³/mol. The van der Waals surface area contributed by atoms with Crippen molar-refractivity contribution in [3.8, 4) is 0 Å². The quantitative estimate of drug-likeness (QED) is 0.925. The highest BCUT2D eigenvalue weighted by Gasteiger charge is 2.26. The van der Waals surface area contributed by atoms with Crippen molar-refractivity contribution in [1.82, 2.24) is 4.98 Å². The molecular formula is C13H19BrN2O. The van der Waals surface area contributed by atoms with Gasteiger partial charge >= 0.3 is 0 Å². The van der Waals surface area contributed by atoms with E-state index in [0.717, 1.165) is 41.8 Å². The summed E-state index contributed by atoms with van der Waals surface area (Å²) in [7, 11) is 0. The second-order valence-corrected chi connectivity index (χ2v) is 5.44. The van der Waals surface area contributed by atoms with Gasteiger partial charge in [-0.2, -0.15) is 0 Å². The second kappa shape index (κ2) is 5.83. The minimum absolute atomic E-state index is 0.409. The Morgan fingerprint density at radius 3 is 3.12 bits per heavy atom. The Hall–Kier alpha value is -0.610. The number of rotatable bonds is 4. The Labute approximate surface area is 111 Å². The molecule has 94 valence electrons. The largest absolute Gasteiger partial charge is 0.378 e. The third-order valence-electron chi connectivity index (χ3n) is 3.26. The van der Waals surface area contributed by atoms with Gasteiger partial charge in [0.1, 0.15) is 5.82 Å². The lowest BCUT2D eigenvalue weighted by atomic mass is 10.00. The van der Waals surface area contributed by atoms with Gasteiger partial charge in [0.25, 0.3) is 0 Å². The Balaban J connectivity index is 1.93. The van der Waals surface area contributed by atoms with E-state index >= 15 is 0 Å². The van der Waals surface area contributed by atoms with Crippen LogP contribution in [0, 0.1) is 12.8 Å². The molecule has 1 aliphatic heterocycles. The zero-order valence-corrected chi connectivity index (χ0v) is 12.0. The van der Waals surface area contributed by atoms with Crippen LogP contribution in [0.5, 0.6) is 0 Å². The van der Waals surface area contributed by atoms with Gasteiger partial charge in [-0.15, -0.1) is 0 Å². The molecule has 2 atom stereocenters. The first kappa shape index (κ1) is 12.8. The van der Waals surface area contributed by atoms with Gasteiger partial charge in [0.05, 0.1) is 10.6 Å². The van der Waals surface area contributed by atoms with Gasteiger partial charge in [0, 0.05) is 25.3 Å². The number of ether oxygens (including phenoxy) is 1. The van der Waals surface area contributed by atoms with Crippen molar-refractivity contribution < 1.29 is 4.74 Å². The molecule has 0 spiro atoms. The summed E-state index contributed by atoms with van der Waals surface area (Å²) in [6.07, 6.45) is 4.53. The van der Waals surface area contributed by atoms with E-state index in [1.165, 1.54) is 0 Å². The smallest absolute Gasteiger partial charge is 0.140 e. The van der Waals surface area contributed by atoms with Crippen molar-refractivity contribution in [3.63, 3.8) is 0 Å². The van der Waals surface area contributed by atoms with Gasteiger partial charge < -0.3 is 10.1 Å². The van der Waals surface area contributed by atoms with E-state index in [1.54, 1.807) is 0 Å². The van der Waals surface area contributed by atoms with Crippen LogP contribution in [0.4, 0.5) is 5.82 Å². The molecule has 0 bridgehead atoms. The Bertz CT molecular complexity index is 384. The number of hydrogen-bond acceptors (Lipinski definition) is 3. The summed E-state index contributed by atoms with van der Waals surface area (Å²) >= 11 is 3.53. The summed E-state index contributed by atoms with van der Waals surface area (Å²) in [6.45, 7) is 6.06. The number of nitrogens with zero attached hydrogens (tertiary/aromatic N) is 1. The van der Waals surface area contributed by atoms with Gasteiger partial charge in [0.2, 0.25) is 0 Å². The predicted octanol–water partition coefficient (Wildman–Crippen LogP) is 3.38. The van der Waals surface area contributed by atoms with Crippen LogP contribution in [-0.4, -0.2) is 24.2 Å². The molecule has 2 unspecified atom stereocenters. The van der Waals surface area contributed by atoms with Crippen LogP contribution in [0.2, 0.25) is 0 Å². The monoisotopic (exact) mass is 298 g/mol. The fourth-order valence-corrected chi connectivity index (χ4v) is 2.87. The number of aryl methyl sites for hydroxylation is 1. The summed E-state index contributed by atoms with van der Waals surface area (Å²) in [6, 6.07) is 2.08. The summed E-state index contributed by atoms with van der Waals surface area (Å²) in [5.74, 6) is 1.53. The van der Waals surface area contributed by atoms with Crippen LogP contribution in [0.25, 0.3) is 0 Å². The maximum atomic E-state index is 5.68. The molecule has 0 amide bonds. The average Bonchev–Trinajstić information content (AvgIpc) is 2.75. The SMILES string of the molecule is CCC1OCCC1CNc1ncc(C)cc1Br. The first-order valence-electron chi connectivity index (χ1n) is 6.18. The van der Waals surface area contributed by atoms with Crippen LogP contribution in [0.3, 0.4) is 0 Å². The fraction of sp³-hybridized carbons (Fsp3) is 0.615. The highest BCUT2D eigenvalue weighted by molar-refractivity contribution is 9.10. The molecule has 0 saturated carbocycles. The van der Waals surface area contributed by atoms with Crippen molar-refractivity contribution in [2.75, 3.05) is 18.5 Å². The third-order valence-corrected chi connectivity index (χ3v) is 3.86. The number of halogens is 1. The summed E-state index contributed by atoms with van der Waals surface area (Å²) in [5, 5.41) is 3.41. The molecule has 17 heavy (non-hydrogen) atoms. The van der Waals surface area contributed by atoms with E-state index in [9.17, 15) is 0 Å². The van der Waals surface area contributed by atoms with E-state index in [-0.39, 0.29) is 0 Å². The fourth-order valence-electron chi connectivity index (χ4n) is 2.27. The van der Waals surface area contributed by atoms with Crippen LogP contribution in [0.1, 0.15) is 25.3 Å². The molecule has 2 heterocycles. The van der Waals surface area contributed by atoms with E-state index in [2.05, 4.69) is 39.2 Å². The van der Waals surface area contributed by atoms with E-state index < -0.39 is 0 Å². The van der Waals surface area contributed by atoms with Gasteiger partial charge in [-0.25, -0.2) is 4.98 Å². The molecule has 3 nitrogen and oxygen atoms in total. The van der Waals surface area contributed by atoms with Gasteiger partial charge in [-0.1, -0.05) is 6.92 Å². The summed E-state index contributed by atoms with van der Waals surface area (Å²) in [4.78, 5) is 4.39. The normalized spacial score (nSPS) is 23.9. The zero-order chi connectivity index (χ0) is 12.3. The molecule has 1 saturated heterocycles. The van der Waals surface area contributed by atoms with E-state index in [0.29, 0.717) is 12.0 Å². The molecule has 4 heteroatoms. The van der Waals surface area contributed by atoms with Crippen molar-refractivity contribution in [2.24, 2.45) is 5.92 Å². The molecule has 1 fully saturated rings. The molecule has 2 rings (SSSR count). The molecule has 1 aromatic heterocycles. The van der Waals surface area contributed by atoms with Crippen molar-refractivity contribution in [2.45, 2.75) is 32.8 Å². The van der Waals surface area contributed by atoms with Crippen molar-refractivity contribution >= 4 is 21.7 Å². The summed E-state index contributed by atoms with van der Waals surface area (Å²) < 4.78 is 6.71. The van der Waals surface area contributed by atoms with E-state index in [1.807, 2.05) is 13.1 Å². The van der Waals surface area contributed by atoms with Crippen LogP contribution >= 0.6 is 15.9 Å². The lowest BCUT2D eigenvalue weighted by molar-refractivity contribution is 0.0900. The van der Waals surface area contributed by atoms with Crippen LogP contribution in [0.15, 0.2) is 16.7 Å². The molecule has 0 aliphatic carbocycles. The molecule has 1 aromatic rings. The number of pyridine rings is 1. The van der Waals surface area contributed by atoms with Crippen LogP contribution < -0.4 is 5.32 Å². The molecule has 1 aliphatic rings. The maximum Gasteiger partial charge on any atom is 0.140 e. The third kappa shape index (κ3) is 3.19. The highest BCUT2D eigenvalue weighted by Crippen LogP contribution is 2.25. The molecule has 0 aromatic carbocycles. The number of anilines is 1. The minimum Gasteiger partial charge on any atom is -0.378 e. The van der Waals surface area contributed by atoms with Crippen molar-refractivity contribution in [3.05, 3.63) is 22.3 Å². The summed E-state index contributed by atoms with van der Waals surface area (Å²) in [5.41, 5.74) is 1.16. The van der Waals surface area contributed by atoms with Gasteiger partial charge in [0.15, 0.2) is 0 Å². The zero-order valence-electron chi connectivity index (χ0n) is 10.4. The highest BCUT2D eigenvalue weighted by atomic mass is 79.9. The lowest BCUT2D eigenvalue weighted by Crippen LogP contribution is -2.23. The number of hydrogen-bond donors (Lipinski definition) is 1. The standard InChI is InChI=1S/C13H19BrN2O/c1-3-12-10(4-5-17-12)8-16-13-11(14)6-9(2)7-15-13/h6-7,10,12H,3-5,8H2,1-2H3,(H,15,16). The minimum atomic E-state index is 0.409. The Morgan fingerprint density at radius 1 is 1.59 bits per heavy atom. The first-order valence-corrected chi connectivity index (χ1v) is 6.97. The lowest BCUT2D eigenvalue weighted by Gasteiger charge is -2.18. The Kier molecular flexibility index (Phi) is 4.40. The first-order chi connectivity index (χ1) is 8.20. The number of aromatic nitrogens is 1. The molecule has 1 N–H and O–H groups in total. The topological polar surface area (TPSA) is 34.1 Å². The van der Waals surface area contributed by atoms with Gasteiger partial charge in [-0.3, -0.25) is 0 Å². The second-order valence-electron chi connectivity index (χ2n) is 4.59. The molecular weight excluding hydrogens is 280 g/mol. The van der Waals surface area contributed by atoms with Gasteiger partial charge in [-0.05, 0) is 47.3 Å². The van der Waals surface area contributed by atoms with Crippen molar-refractivity contribution in [1.29, 1.82) is 0 Å². The number of nitrogens with one attached hydrogen (secondary N) is 1. The van der Waals surface area contributed by atoms with Crippen LogP contribution in [-0.2, 0) is 4.74 Å². The maximum absolute atomic E-state index is 5.68. The molecule has 0 radical (unpaired) electrons.